The van der Waals surface area contributed by atoms with E-state index in [0.717, 1.165) is 5.56 Å². The average Bonchev–Trinajstić information content (AvgIpc) is 2.48. The van der Waals surface area contributed by atoms with Crippen LogP contribution in [-0.2, 0) is 0 Å². The van der Waals surface area contributed by atoms with E-state index in [0.29, 0.717) is 19.0 Å². The number of benzene rings is 1. The highest BCUT2D eigenvalue weighted by Crippen LogP contribution is 2.32. The largest absolute Gasteiger partial charge is 0.395 e. The van der Waals surface area contributed by atoms with Gasteiger partial charge in [0.2, 0.25) is 0 Å². The molecule has 1 aliphatic carbocycles. The molecule has 0 amide bonds. The maximum absolute atomic E-state index is 10.0. The van der Waals surface area contributed by atoms with Crippen molar-refractivity contribution in [1.29, 1.82) is 0 Å². The number of rotatable bonds is 6. The third-order valence-electron chi connectivity index (χ3n) is 4.02. The van der Waals surface area contributed by atoms with E-state index >= 15 is 0 Å². The van der Waals surface area contributed by atoms with Gasteiger partial charge < -0.3 is 15.5 Å². The minimum atomic E-state index is -0.494. The van der Waals surface area contributed by atoms with Crippen LogP contribution in [-0.4, -0.2) is 29.9 Å². The summed E-state index contributed by atoms with van der Waals surface area (Å²) in [7, 11) is 0. The Labute approximate surface area is 115 Å². The SMILES string of the molecule is OCCNCC(O)c1ccc(C2CCCCC2)cc1. The van der Waals surface area contributed by atoms with Crippen LogP contribution in [0.3, 0.4) is 0 Å². The zero-order chi connectivity index (χ0) is 13.5. The normalized spacial score (nSPS) is 18.4. The van der Waals surface area contributed by atoms with E-state index in [1.807, 2.05) is 12.1 Å². The molecule has 0 saturated heterocycles. The second-order valence-electron chi connectivity index (χ2n) is 5.45. The van der Waals surface area contributed by atoms with Crippen molar-refractivity contribution in [3.8, 4) is 0 Å². The fraction of sp³-hybridized carbons (Fsp3) is 0.625. The maximum atomic E-state index is 10.0. The van der Waals surface area contributed by atoms with Gasteiger partial charge in [0.15, 0.2) is 0 Å². The van der Waals surface area contributed by atoms with Gasteiger partial charge in [0, 0.05) is 13.1 Å². The van der Waals surface area contributed by atoms with Crippen molar-refractivity contribution >= 4 is 0 Å². The van der Waals surface area contributed by atoms with E-state index < -0.39 is 6.10 Å². The summed E-state index contributed by atoms with van der Waals surface area (Å²) in [5.41, 5.74) is 2.36. The molecule has 0 spiro atoms. The maximum Gasteiger partial charge on any atom is 0.0914 e. The zero-order valence-electron chi connectivity index (χ0n) is 11.5. The van der Waals surface area contributed by atoms with E-state index in [2.05, 4.69) is 17.4 Å². The third kappa shape index (κ3) is 4.30. The lowest BCUT2D eigenvalue weighted by Gasteiger charge is -2.22. The van der Waals surface area contributed by atoms with Gasteiger partial charge in [-0.3, -0.25) is 0 Å². The highest BCUT2D eigenvalue weighted by Gasteiger charge is 2.15. The molecule has 1 aromatic carbocycles. The standard InChI is InChI=1S/C16H25NO2/c18-11-10-17-12-16(19)15-8-6-14(7-9-15)13-4-2-1-3-5-13/h6-9,13,16-19H,1-5,10-12H2. The summed E-state index contributed by atoms with van der Waals surface area (Å²) >= 11 is 0. The minimum absolute atomic E-state index is 0.105. The van der Waals surface area contributed by atoms with Crippen LogP contribution in [0.2, 0.25) is 0 Å². The minimum Gasteiger partial charge on any atom is -0.395 e. The van der Waals surface area contributed by atoms with Crippen molar-refractivity contribution in [2.45, 2.75) is 44.1 Å². The quantitative estimate of drug-likeness (QED) is 0.691. The van der Waals surface area contributed by atoms with Crippen molar-refractivity contribution in [3.05, 3.63) is 35.4 Å². The Morgan fingerprint density at radius 1 is 1.11 bits per heavy atom. The van der Waals surface area contributed by atoms with E-state index in [1.54, 1.807) is 0 Å². The van der Waals surface area contributed by atoms with Gasteiger partial charge in [0.1, 0.15) is 0 Å². The van der Waals surface area contributed by atoms with E-state index in [-0.39, 0.29) is 6.61 Å². The van der Waals surface area contributed by atoms with Crippen LogP contribution in [0, 0.1) is 0 Å². The first kappa shape index (κ1) is 14.5. The smallest absolute Gasteiger partial charge is 0.0914 e. The van der Waals surface area contributed by atoms with E-state index in [4.69, 9.17) is 5.11 Å². The van der Waals surface area contributed by atoms with Crippen LogP contribution in [0.4, 0.5) is 0 Å². The summed E-state index contributed by atoms with van der Waals surface area (Å²) < 4.78 is 0. The van der Waals surface area contributed by atoms with Crippen molar-refractivity contribution < 1.29 is 10.2 Å². The second kappa shape index (κ2) is 7.63. The van der Waals surface area contributed by atoms with Crippen LogP contribution < -0.4 is 5.32 Å². The molecule has 19 heavy (non-hydrogen) atoms. The Kier molecular flexibility index (Phi) is 5.83. The number of aliphatic hydroxyl groups is 2. The summed E-state index contributed by atoms with van der Waals surface area (Å²) in [6.45, 7) is 1.12. The monoisotopic (exact) mass is 263 g/mol. The molecule has 3 N–H and O–H groups in total. The van der Waals surface area contributed by atoms with E-state index in [1.165, 1.54) is 37.7 Å². The lowest BCUT2D eigenvalue weighted by atomic mass is 9.84. The van der Waals surface area contributed by atoms with Crippen molar-refractivity contribution in [2.75, 3.05) is 19.7 Å². The van der Waals surface area contributed by atoms with Gasteiger partial charge in [0.25, 0.3) is 0 Å². The molecule has 0 heterocycles. The van der Waals surface area contributed by atoms with Gasteiger partial charge in [-0.15, -0.1) is 0 Å². The van der Waals surface area contributed by atoms with Crippen LogP contribution in [0.15, 0.2) is 24.3 Å². The van der Waals surface area contributed by atoms with Gasteiger partial charge in [-0.2, -0.15) is 0 Å². The Morgan fingerprint density at radius 3 is 2.42 bits per heavy atom. The molecule has 1 atom stereocenters. The first-order chi connectivity index (χ1) is 9.31. The fourth-order valence-corrected chi connectivity index (χ4v) is 2.86. The zero-order valence-corrected chi connectivity index (χ0v) is 11.5. The Hall–Kier alpha value is -0.900. The average molecular weight is 263 g/mol. The highest BCUT2D eigenvalue weighted by atomic mass is 16.3. The summed E-state index contributed by atoms with van der Waals surface area (Å²) in [5.74, 6) is 0.715. The molecule has 0 bridgehead atoms. The van der Waals surface area contributed by atoms with Gasteiger partial charge in [-0.05, 0) is 29.9 Å². The highest BCUT2D eigenvalue weighted by molar-refractivity contribution is 5.27. The molecule has 106 valence electrons. The van der Waals surface area contributed by atoms with E-state index in [9.17, 15) is 5.11 Å². The molecule has 1 unspecified atom stereocenters. The van der Waals surface area contributed by atoms with Crippen molar-refractivity contribution in [2.24, 2.45) is 0 Å². The molecule has 1 saturated carbocycles. The molecule has 0 aliphatic heterocycles. The molecule has 3 nitrogen and oxygen atoms in total. The van der Waals surface area contributed by atoms with Crippen LogP contribution >= 0.6 is 0 Å². The summed E-state index contributed by atoms with van der Waals surface area (Å²) in [6.07, 6.45) is 6.19. The van der Waals surface area contributed by atoms with Crippen LogP contribution in [0.25, 0.3) is 0 Å². The second-order valence-corrected chi connectivity index (χ2v) is 5.45. The summed E-state index contributed by atoms with van der Waals surface area (Å²) in [4.78, 5) is 0. The predicted molar refractivity (Wildman–Crippen MR) is 77.2 cm³/mol. The molecule has 1 fully saturated rings. The number of aliphatic hydroxyl groups excluding tert-OH is 2. The van der Waals surface area contributed by atoms with Crippen LogP contribution in [0.5, 0.6) is 0 Å². The van der Waals surface area contributed by atoms with Crippen LogP contribution in [0.1, 0.15) is 55.3 Å². The van der Waals surface area contributed by atoms with Gasteiger partial charge in [-0.1, -0.05) is 43.5 Å². The first-order valence-corrected chi connectivity index (χ1v) is 7.40. The fourth-order valence-electron chi connectivity index (χ4n) is 2.86. The molecule has 0 aromatic heterocycles. The van der Waals surface area contributed by atoms with Gasteiger partial charge in [0.05, 0.1) is 12.7 Å². The molecule has 0 radical (unpaired) electrons. The predicted octanol–water partition coefficient (Wildman–Crippen LogP) is 2.35. The number of nitrogens with one attached hydrogen (secondary N) is 1. The number of hydrogen-bond acceptors (Lipinski definition) is 3. The molecular weight excluding hydrogens is 238 g/mol. The molecular formula is C16H25NO2. The topological polar surface area (TPSA) is 52.5 Å². The van der Waals surface area contributed by atoms with Crippen molar-refractivity contribution in [3.63, 3.8) is 0 Å². The van der Waals surface area contributed by atoms with Gasteiger partial charge >= 0.3 is 0 Å². The molecule has 3 heteroatoms. The molecule has 1 aliphatic rings. The number of hydrogen-bond donors (Lipinski definition) is 3. The Bertz CT molecular complexity index is 358. The Morgan fingerprint density at radius 2 is 1.79 bits per heavy atom. The van der Waals surface area contributed by atoms with Gasteiger partial charge in [-0.25, -0.2) is 0 Å². The Balaban J connectivity index is 1.89. The lowest BCUT2D eigenvalue weighted by Crippen LogP contribution is -2.24. The molecule has 2 rings (SSSR count). The first-order valence-electron chi connectivity index (χ1n) is 7.40. The molecule has 1 aromatic rings. The summed E-state index contributed by atoms with van der Waals surface area (Å²) in [6, 6.07) is 8.41. The van der Waals surface area contributed by atoms with Crippen molar-refractivity contribution in [1.82, 2.24) is 5.32 Å². The third-order valence-corrected chi connectivity index (χ3v) is 4.02. The lowest BCUT2D eigenvalue weighted by molar-refractivity contribution is 0.171. The summed E-state index contributed by atoms with van der Waals surface area (Å²) in [5, 5.41) is 21.7.